The number of aliphatic carboxylic acids is 1. The number of hydrogen-bond acceptors (Lipinski definition) is 4. The van der Waals surface area contributed by atoms with E-state index in [2.05, 4.69) is 5.32 Å². The lowest BCUT2D eigenvalue weighted by Gasteiger charge is -2.06. The number of nitrogens with one attached hydrogen (secondary N) is 2. The van der Waals surface area contributed by atoms with Gasteiger partial charge < -0.3 is 20.8 Å². The van der Waals surface area contributed by atoms with Crippen LogP contribution in [0.1, 0.15) is 10.4 Å². The zero-order chi connectivity index (χ0) is 14.4. The average Bonchev–Trinajstić information content (AvgIpc) is 2.33. The van der Waals surface area contributed by atoms with Crippen LogP contribution in [0.5, 0.6) is 5.75 Å². The van der Waals surface area contributed by atoms with E-state index in [1.54, 1.807) is 0 Å². The number of carbonyl (C=O) groups is 3. The second-order valence-electron chi connectivity index (χ2n) is 3.52. The van der Waals surface area contributed by atoms with Gasteiger partial charge in [0.25, 0.3) is 5.91 Å². The van der Waals surface area contributed by atoms with Gasteiger partial charge in [-0.05, 0) is 12.1 Å². The minimum absolute atomic E-state index is 0.326. The lowest BCUT2D eigenvalue weighted by Crippen LogP contribution is -2.39. The number of amides is 2. The molecule has 0 spiro atoms. The van der Waals surface area contributed by atoms with Gasteiger partial charge in [-0.1, -0.05) is 0 Å². The predicted molar refractivity (Wildman–Crippen MR) is 61.0 cm³/mol. The van der Waals surface area contributed by atoms with Crippen LogP contribution in [0.15, 0.2) is 18.2 Å². The predicted octanol–water partition coefficient (Wildman–Crippen LogP) is -0.538. The zero-order valence-electron chi connectivity index (χ0n) is 9.64. The molecule has 0 atom stereocenters. The molecular formula is C11H11FN2O5. The molecule has 1 aromatic rings. The molecule has 7 nitrogen and oxygen atoms in total. The van der Waals surface area contributed by atoms with Crippen LogP contribution in [0, 0.1) is 5.82 Å². The molecule has 0 aliphatic carbocycles. The van der Waals surface area contributed by atoms with E-state index in [0.717, 1.165) is 18.2 Å². The van der Waals surface area contributed by atoms with Crippen LogP contribution < -0.4 is 10.6 Å². The highest BCUT2D eigenvalue weighted by Gasteiger charge is 2.13. The number of aromatic hydroxyl groups is 1. The van der Waals surface area contributed by atoms with Crippen molar-refractivity contribution in [3.05, 3.63) is 29.6 Å². The van der Waals surface area contributed by atoms with Gasteiger partial charge >= 0.3 is 5.97 Å². The van der Waals surface area contributed by atoms with Crippen molar-refractivity contribution in [2.45, 2.75) is 0 Å². The van der Waals surface area contributed by atoms with E-state index < -0.39 is 36.7 Å². The number of carboxylic acids is 1. The van der Waals surface area contributed by atoms with Crippen molar-refractivity contribution in [2.75, 3.05) is 13.1 Å². The van der Waals surface area contributed by atoms with Crippen LogP contribution in [0.3, 0.4) is 0 Å². The van der Waals surface area contributed by atoms with E-state index in [1.165, 1.54) is 0 Å². The van der Waals surface area contributed by atoms with E-state index in [9.17, 15) is 18.8 Å². The fraction of sp³-hybridized carbons (Fsp3) is 0.182. The first-order valence-corrected chi connectivity index (χ1v) is 5.15. The summed E-state index contributed by atoms with van der Waals surface area (Å²) in [6, 6.07) is 2.96. The Balaban J connectivity index is 2.51. The summed E-state index contributed by atoms with van der Waals surface area (Å²) in [5, 5.41) is 21.4. The van der Waals surface area contributed by atoms with E-state index in [0.29, 0.717) is 0 Å². The maximum absolute atomic E-state index is 13.3. The van der Waals surface area contributed by atoms with E-state index in [1.807, 2.05) is 5.32 Å². The van der Waals surface area contributed by atoms with Gasteiger partial charge in [-0.15, -0.1) is 0 Å². The van der Waals surface area contributed by atoms with Crippen LogP contribution >= 0.6 is 0 Å². The molecule has 4 N–H and O–H groups in total. The van der Waals surface area contributed by atoms with Crippen molar-refractivity contribution in [2.24, 2.45) is 0 Å². The van der Waals surface area contributed by atoms with Crippen molar-refractivity contribution in [1.82, 2.24) is 10.6 Å². The van der Waals surface area contributed by atoms with Crippen LogP contribution in [-0.2, 0) is 9.59 Å². The van der Waals surface area contributed by atoms with Crippen molar-refractivity contribution in [3.8, 4) is 5.75 Å². The first kappa shape index (κ1) is 14.4. The fourth-order valence-electron chi connectivity index (χ4n) is 1.18. The van der Waals surface area contributed by atoms with Crippen LogP contribution in [0.2, 0.25) is 0 Å². The Hall–Kier alpha value is -2.64. The second kappa shape index (κ2) is 6.34. The van der Waals surface area contributed by atoms with Gasteiger partial charge in [-0.2, -0.15) is 0 Å². The molecule has 0 aliphatic heterocycles. The highest BCUT2D eigenvalue weighted by Crippen LogP contribution is 2.14. The average molecular weight is 270 g/mol. The number of phenols is 1. The summed E-state index contributed by atoms with van der Waals surface area (Å²) in [5.41, 5.74) is -0.330. The van der Waals surface area contributed by atoms with Gasteiger partial charge in [0.1, 0.15) is 18.1 Å². The minimum atomic E-state index is -1.22. The first-order chi connectivity index (χ1) is 8.90. The van der Waals surface area contributed by atoms with Gasteiger partial charge in [0, 0.05) is 6.07 Å². The molecule has 1 aromatic carbocycles. The van der Waals surface area contributed by atoms with Crippen LogP contribution in [0.4, 0.5) is 4.39 Å². The normalized spacial score (nSPS) is 9.74. The summed E-state index contributed by atoms with van der Waals surface area (Å²) < 4.78 is 13.3. The molecule has 0 aliphatic rings. The Morgan fingerprint density at radius 3 is 2.42 bits per heavy atom. The maximum atomic E-state index is 13.3. The number of halogens is 1. The van der Waals surface area contributed by atoms with Gasteiger partial charge in [0.2, 0.25) is 5.91 Å². The Labute approximate surface area is 107 Å². The number of benzene rings is 1. The Morgan fingerprint density at radius 2 is 1.84 bits per heavy atom. The summed E-state index contributed by atoms with van der Waals surface area (Å²) in [6.45, 7) is -1.05. The molecule has 0 heterocycles. The molecule has 1 rings (SSSR count). The van der Waals surface area contributed by atoms with Gasteiger partial charge in [0.15, 0.2) is 0 Å². The highest BCUT2D eigenvalue weighted by molar-refractivity contribution is 5.97. The molecule has 102 valence electrons. The SMILES string of the molecule is O=C(O)CNC(=O)CNC(=O)c1ccc(O)cc1F. The molecule has 0 saturated carbocycles. The number of rotatable bonds is 5. The van der Waals surface area contributed by atoms with E-state index in [4.69, 9.17) is 10.2 Å². The summed E-state index contributed by atoms with van der Waals surface area (Å²) in [6.07, 6.45) is 0. The maximum Gasteiger partial charge on any atom is 0.322 e. The van der Waals surface area contributed by atoms with Crippen molar-refractivity contribution in [1.29, 1.82) is 0 Å². The summed E-state index contributed by atoms with van der Waals surface area (Å²) in [4.78, 5) is 32.8. The summed E-state index contributed by atoms with van der Waals surface area (Å²) >= 11 is 0. The Kier molecular flexibility index (Phi) is 4.81. The molecule has 19 heavy (non-hydrogen) atoms. The highest BCUT2D eigenvalue weighted by atomic mass is 19.1. The van der Waals surface area contributed by atoms with Crippen molar-refractivity contribution >= 4 is 17.8 Å². The third-order valence-electron chi connectivity index (χ3n) is 2.04. The first-order valence-electron chi connectivity index (χ1n) is 5.15. The smallest absolute Gasteiger partial charge is 0.322 e. The van der Waals surface area contributed by atoms with E-state index in [-0.39, 0.29) is 11.3 Å². The molecule has 0 unspecified atom stereocenters. The van der Waals surface area contributed by atoms with Crippen molar-refractivity contribution < 1.29 is 29.0 Å². The van der Waals surface area contributed by atoms with Crippen molar-refractivity contribution in [3.63, 3.8) is 0 Å². The number of carbonyl (C=O) groups excluding carboxylic acids is 2. The van der Waals surface area contributed by atoms with Crippen LogP contribution in [0.25, 0.3) is 0 Å². The minimum Gasteiger partial charge on any atom is -0.508 e. The standard InChI is InChI=1S/C11H11FN2O5/c12-8-3-6(15)1-2-7(8)11(19)14-4-9(16)13-5-10(17)18/h1-3,15H,4-5H2,(H,13,16)(H,14,19)(H,17,18). The third-order valence-corrected chi connectivity index (χ3v) is 2.04. The molecule has 0 saturated heterocycles. The lowest BCUT2D eigenvalue weighted by molar-refractivity contribution is -0.137. The molecule has 0 aromatic heterocycles. The quantitative estimate of drug-likeness (QED) is 0.573. The number of carboxylic acid groups (broad SMARTS) is 1. The molecule has 2 amide bonds. The summed E-state index contributed by atoms with van der Waals surface area (Å²) in [7, 11) is 0. The topological polar surface area (TPSA) is 116 Å². The molecular weight excluding hydrogens is 259 g/mol. The summed E-state index contributed by atoms with van der Waals surface area (Å²) in [5.74, 6) is -4.03. The Bertz CT molecular complexity index is 518. The lowest BCUT2D eigenvalue weighted by atomic mass is 10.2. The molecule has 0 radical (unpaired) electrons. The Morgan fingerprint density at radius 1 is 1.16 bits per heavy atom. The fourth-order valence-corrected chi connectivity index (χ4v) is 1.18. The monoisotopic (exact) mass is 270 g/mol. The van der Waals surface area contributed by atoms with Gasteiger partial charge in [-0.25, -0.2) is 4.39 Å². The van der Waals surface area contributed by atoms with E-state index >= 15 is 0 Å². The van der Waals surface area contributed by atoms with Gasteiger partial charge in [-0.3, -0.25) is 14.4 Å². The number of phenolic OH excluding ortho intramolecular Hbond substituents is 1. The molecule has 0 bridgehead atoms. The third kappa shape index (κ3) is 4.62. The largest absolute Gasteiger partial charge is 0.508 e. The second-order valence-corrected chi connectivity index (χ2v) is 3.52. The van der Waals surface area contributed by atoms with Gasteiger partial charge in [0.05, 0.1) is 12.1 Å². The number of hydrogen-bond donors (Lipinski definition) is 4. The van der Waals surface area contributed by atoms with Crippen LogP contribution in [-0.4, -0.2) is 41.1 Å². The molecule has 0 fully saturated rings. The molecule has 8 heteroatoms. The zero-order valence-corrected chi connectivity index (χ0v) is 9.64.